The van der Waals surface area contributed by atoms with Gasteiger partial charge in [-0.25, -0.2) is 0 Å². The summed E-state index contributed by atoms with van der Waals surface area (Å²) in [4.78, 5) is 16.0. The van der Waals surface area contributed by atoms with Crippen molar-refractivity contribution < 1.29 is 9.90 Å². The molecule has 1 N–H and O–H groups in total. The first-order valence-corrected chi connectivity index (χ1v) is 10.2. The zero-order valence-corrected chi connectivity index (χ0v) is 17.4. The Morgan fingerprint density at radius 3 is 2.04 bits per heavy atom. The van der Waals surface area contributed by atoms with Gasteiger partial charge < -0.3 is 10.0 Å². The van der Waals surface area contributed by atoms with Gasteiger partial charge in [-0.05, 0) is 54.1 Å². The summed E-state index contributed by atoms with van der Waals surface area (Å²) in [6, 6.07) is 17.6. The van der Waals surface area contributed by atoms with Gasteiger partial charge in [0.25, 0.3) is 0 Å². The van der Waals surface area contributed by atoms with E-state index in [1.807, 2.05) is 14.1 Å². The molecule has 0 saturated carbocycles. The normalized spacial score (nSPS) is 18.8. The molecule has 0 aliphatic carbocycles. The smallest absolute Gasteiger partial charge is 0.307 e. The van der Waals surface area contributed by atoms with Crippen LogP contribution in [-0.2, 0) is 4.79 Å². The van der Waals surface area contributed by atoms with Gasteiger partial charge in [-0.3, -0.25) is 9.69 Å². The van der Waals surface area contributed by atoms with Crippen LogP contribution in [0.15, 0.2) is 48.5 Å². The maximum absolute atomic E-state index is 11.6. The highest BCUT2D eigenvalue weighted by atomic mass is 16.4. The van der Waals surface area contributed by atoms with E-state index in [9.17, 15) is 9.90 Å². The van der Waals surface area contributed by atoms with Crippen LogP contribution in [0.3, 0.4) is 0 Å². The predicted octanol–water partition coefficient (Wildman–Crippen LogP) is 4.76. The van der Waals surface area contributed by atoms with E-state index in [4.69, 9.17) is 0 Å². The van der Waals surface area contributed by atoms with E-state index < -0.39 is 5.97 Å². The number of carbonyl (C=O) groups is 1. The van der Waals surface area contributed by atoms with Crippen molar-refractivity contribution in [2.45, 2.75) is 38.6 Å². The van der Waals surface area contributed by atoms with E-state index in [1.54, 1.807) is 0 Å². The van der Waals surface area contributed by atoms with Gasteiger partial charge in [0, 0.05) is 26.3 Å². The summed E-state index contributed by atoms with van der Waals surface area (Å²) in [5.74, 6) is -0.466. The molecule has 4 heteroatoms. The van der Waals surface area contributed by atoms with Crippen LogP contribution in [0.5, 0.6) is 0 Å². The number of benzene rings is 2. The molecule has 0 spiro atoms. The first-order chi connectivity index (χ1) is 13.4. The lowest BCUT2D eigenvalue weighted by Crippen LogP contribution is -2.41. The minimum Gasteiger partial charge on any atom is -0.481 e. The lowest BCUT2D eigenvalue weighted by Gasteiger charge is -2.38. The van der Waals surface area contributed by atoms with E-state index in [2.05, 4.69) is 72.2 Å². The lowest BCUT2D eigenvalue weighted by molar-refractivity contribution is -0.143. The number of hydrogen-bond donors (Lipinski definition) is 1. The number of likely N-dealkylation sites (tertiary alicyclic amines) is 1. The second-order valence-corrected chi connectivity index (χ2v) is 8.38. The second-order valence-electron chi connectivity index (χ2n) is 8.38. The molecule has 28 heavy (non-hydrogen) atoms. The molecular formula is C24H32N2O2. The van der Waals surface area contributed by atoms with Gasteiger partial charge in [0.15, 0.2) is 0 Å². The fourth-order valence-electron chi connectivity index (χ4n) is 4.07. The number of nitrogens with zero attached hydrogens (tertiary/aromatic N) is 2. The van der Waals surface area contributed by atoms with E-state index in [0.29, 0.717) is 12.5 Å². The molecule has 2 unspecified atom stereocenters. The maximum Gasteiger partial charge on any atom is 0.307 e. The SMILES string of the molecule is CC(C)c1ccc(C(c2ccc(N(C)C)cc2)N2CCCC(C(=O)O)C2)cc1. The number of aliphatic carboxylic acids is 1. The van der Waals surface area contributed by atoms with Crippen molar-refractivity contribution in [1.29, 1.82) is 0 Å². The van der Waals surface area contributed by atoms with Crippen LogP contribution in [-0.4, -0.2) is 43.2 Å². The number of piperidine rings is 1. The van der Waals surface area contributed by atoms with Crippen molar-refractivity contribution in [3.8, 4) is 0 Å². The number of carboxylic acids is 1. The Bertz CT molecular complexity index is 730. The number of hydrogen-bond acceptors (Lipinski definition) is 3. The molecule has 0 aromatic heterocycles. The molecule has 2 atom stereocenters. The number of carboxylic acid groups (broad SMARTS) is 1. The van der Waals surface area contributed by atoms with Gasteiger partial charge in [0.1, 0.15) is 0 Å². The third kappa shape index (κ3) is 4.56. The zero-order chi connectivity index (χ0) is 20.3. The Balaban J connectivity index is 1.96. The zero-order valence-electron chi connectivity index (χ0n) is 17.4. The second kappa shape index (κ2) is 8.78. The van der Waals surface area contributed by atoms with E-state index >= 15 is 0 Å². The minimum absolute atomic E-state index is 0.0829. The predicted molar refractivity (Wildman–Crippen MR) is 115 cm³/mol. The monoisotopic (exact) mass is 380 g/mol. The van der Waals surface area contributed by atoms with Crippen molar-refractivity contribution in [1.82, 2.24) is 4.90 Å². The van der Waals surface area contributed by atoms with Crippen LogP contribution in [0.1, 0.15) is 55.3 Å². The summed E-state index contributed by atoms with van der Waals surface area (Å²) in [6.45, 7) is 5.93. The van der Waals surface area contributed by atoms with Crippen LogP contribution >= 0.6 is 0 Å². The minimum atomic E-state index is -0.679. The molecule has 2 aromatic rings. The van der Waals surface area contributed by atoms with E-state index in [1.165, 1.54) is 22.4 Å². The molecule has 2 aromatic carbocycles. The molecular weight excluding hydrogens is 348 g/mol. The van der Waals surface area contributed by atoms with Gasteiger partial charge in [-0.15, -0.1) is 0 Å². The summed E-state index contributed by atoms with van der Waals surface area (Å²) in [6.07, 6.45) is 1.69. The molecule has 1 saturated heterocycles. The van der Waals surface area contributed by atoms with Crippen molar-refractivity contribution in [3.05, 3.63) is 65.2 Å². The number of anilines is 1. The van der Waals surface area contributed by atoms with Crippen molar-refractivity contribution >= 4 is 11.7 Å². The van der Waals surface area contributed by atoms with Crippen LogP contribution in [0, 0.1) is 5.92 Å². The molecule has 1 aliphatic heterocycles. The Morgan fingerprint density at radius 1 is 1.00 bits per heavy atom. The largest absolute Gasteiger partial charge is 0.481 e. The summed E-state index contributed by atoms with van der Waals surface area (Å²) in [5, 5.41) is 9.54. The first-order valence-electron chi connectivity index (χ1n) is 10.2. The summed E-state index contributed by atoms with van der Waals surface area (Å²) >= 11 is 0. The standard InChI is InChI=1S/C24H32N2O2/c1-17(2)18-7-9-19(10-8-18)23(20-11-13-22(14-12-20)25(3)4)26-15-5-6-21(16-26)24(27)28/h7-14,17,21,23H,5-6,15-16H2,1-4H3,(H,27,28). The van der Waals surface area contributed by atoms with Crippen LogP contribution in [0.4, 0.5) is 5.69 Å². The van der Waals surface area contributed by atoms with Gasteiger partial charge in [0.05, 0.1) is 12.0 Å². The van der Waals surface area contributed by atoms with Gasteiger partial charge in [-0.1, -0.05) is 50.2 Å². The fourth-order valence-corrected chi connectivity index (χ4v) is 4.07. The van der Waals surface area contributed by atoms with Crippen LogP contribution < -0.4 is 4.90 Å². The molecule has 0 amide bonds. The molecule has 1 aliphatic rings. The highest BCUT2D eigenvalue weighted by Crippen LogP contribution is 2.34. The van der Waals surface area contributed by atoms with Crippen molar-refractivity contribution in [2.75, 3.05) is 32.1 Å². The average molecular weight is 381 g/mol. The van der Waals surface area contributed by atoms with Gasteiger partial charge in [0.2, 0.25) is 0 Å². The van der Waals surface area contributed by atoms with Crippen molar-refractivity contribution in [3.63, 3.8) is 0 Å². The molecule has 4 nitrogen and oxygen atoms in total. The molecule has 0 bridgehead atoms. The fraction of sp³-hybridized carbons (Fsp3) is 0.458. The van der Waals surface area contributed by atoms with Crippen LogP contribution in [0.25, 0.3) is 0 Å². The third-order valence-corrected chi connectivity index (χ3v) is 5.81. The molecule has 1 heterocycles. The van der Waals surface area contributed by atoms with Gasteiger partial charge >= 0.3 is 5.97 Å². The Labute approximate surface area is 168 Å². The summed E-state index contributed by atoms with van der Waals surface area (Å²) < 4.78 is 0. The Hall–Kier alpha value is -2.33. The quantitative estimate of drug-likeness (QED) is 0.784. The highest BCUT2D eigenvalue weighted by molar-refractivity contribution is 5.70. The highest BCUT2D eigenvalue weighted by Gasteiger charge is 2.31. The first kappa shape index (κ1) is 20.4. The third-order valence-electron chi connectivity index (χ3n) is 5.81. The Kier molecular flexibility index (Phi) is 6.40. The van der Waals surface area contributed by atoms with Crippen LogP contribution in [0.2, 0.25) is 0 Å². The average Bonchev–Trinajstić information content (AvgIpc) is 2.69. The molecule has 0 radical (unpaired) electrons. The molecule has 150 valence electrons. The number of rotatable bonds is 6. The Morgan fingerprint density at radius 2 is 1.54 bits per heavy atom. The van der Waals surface area contributed by atoms with Crippen molar-refractivity contribution in [2.24, 2.45) is 5.92 Å². The summed E-state index contributed by atoms with van der Waals surface area (Å²) in [5.41, 5.74) is 4.94. The van der Waals surface area contributed by atoms with E-state index in [0.717, 1.165) is 19.4 Å². The summed E-state index contributed by atoms with van der Waals surface area (Å²) in [7, 11) is 4.08. The molecule has 3 rings (SSSR count). The van der Waals surface area contributed by atoms with Gasteiger partial charge in [-0.2, -0.15) is 0 Å². The lowest BCUT2D eigenvalue weighted by atomic mass is 9.90. The molecule has 1 fully saturated rings. The topological polar surface area (TPSA) is 43.8 Å². The van der Waals surface area contributed by atoms with E-state index in [-0.39, 0.29) is 12.0 Å². The maximum atomic E-state index is 11.6.